The lowest BCUT2D eigenvalue weighted by molar-refractivity contribution is 0.328. The fraction of sp³-hybridized carbons (Fsp3) is 0.667. The molecular weight excluding hydrogens is 216 g/mol. The van der Waals surface area contributed by atoms with Gasteiger partial charge in [-0.1, -0.05) is 13.3 Å². The van der Waals surface area contributed by atoms with E-state index in [1.807, 2.05) is 6.92 Å². The monoisotopic (exact) mass is 236 g/mol. The number of rotatable bonds is 6. The molecule has 17 heavy (non-hydrogen) atoms. The van der Waals surface area contributed by atoms with Crippen LogP contribution in [0.15, 0.2) is 6.33 Å². The average Bonchev–Trinajstić information content (AvgIpc) is 3.03. The summed E-state index contributed by atoms with van der Waals surface area (Å²) in [5, 5.41) is 3.36. The van der Waals surface area contributed by atoms with E-state index in [2.05, 4.69) is 22.2 Å². The van der Waals surface area contributed by atoms with Crippen molar-refractivity contribution in [2.45, 2.75) is 39.2 Å². The normalized spacial score (nSPS) is 22.2. The highest BCUT2D eigenvalue weighted by Crippen LogP contribution is 2.38. The van der Waals surface area contributed by atoms with E-state index in [1.54, 1.807) is 0 Å². The quantitative estimate of drug-likeness (QED) is 0.791. The molecule has 0 bridgehead atoms. The van der Waals surface area contributed by atoms with Crippen LogP contribution in [0.2, 0.25) is 0 Å². The van der Waals surface area contributed by atoms with Gasteiger partial charge >= 0.3 is 0 Å². The summed E-state index contributed by atoms with van der Waals surface area (Å²) >= 11 is 0. The van der Waals surface area contributed by atoms with E-state index in [1.165, 1.54) is 25.6 Å². The van der Waals surface area contributed by atoms with Crippen molar-refractivity contribution in [1.82, 2.24) is 9.97 Å². The van der Waals surface area contributed by atoms with Gasteiger partial charge in [-0.3, -0.25) is 0 Å². The Kier molecular flexibility index (Phi) is 3.66. The summed E-state index contributed by atoms with van der Waals surface area (Å²) < 4.78 is 5.34. The molecule has 2 atom stereocenters. The summed E-state index contributed by atoms with van der Waals surface area (Å²) in [4.78, 5) is 8.18. The number of nitrogens with one attached hydrogen (secondary N) is 1. The van der Waals surface area contributed by atoms with Crippen LogP contribution in [0.5, 0.6) is 5.88 Å². The maximum Gasteiger partial charge on any atom is 0.242 e. The lowest BCUT2D eigenvalue weighted by Crippen LogP contribution is -2.10. The highest BCUT2D eigenvalue weighted by Gasteiger charge is 2.36. The first kappa shape index (κ1) is 12.0. The summed E-state index contributed by atoms with van der Waals surface area (Å²) in [6.45, 7) is 4.68. The first-order valence-corrected chi connectivity index (χ1v) is 6.26. The van der Waals surface area contributed by atoms with Gasteiger partial charge in [-0.25, -0.2) is 4.98 Å². The van der Waals surface area contributed by atoms with Crippen molar-refractivity contribution in [2.24, 2.45) is 5.92 Å². The molecule has 1 aliphatic carbocycles. The van der Waals surface area contributed by atoms with Crippen LogP contribution in [0, 0.1) is 5.92 Å². The second-order valence-electron chi connectivity index (χ2n) is 4.41. The summed E-state index contributed by atoms with van der Waals surface area (Å²) in [6, 6.07) is 0.515. The standard InChI is InChI=1S/C12H20N4O/c1-3-5-8-6-9(8)16-11-10(13)12(17-4-2)15-7-14-11/h7-9H,3-6,13H2,1-2H3,(H,14,15,16). The van der Waals surface area contributed by atoms with Crippen LogP contribution in [0.25, 0.3) is 0 Å². The number of aromatic nitrogens is 2. The summed E-state index contributed by atoms with van der Waals surface area (Å²) in [5.41, 5.74) is 6.46. The Balaban J connectivity index is 1.99. The Bertz CT molecular complexity index is 383. The first-order chi connectivity index (χ1) is 8.26. The molecule has 3 N–H and O–H groups in total. The third-order valence-corrected chi connectivity index (χ3v) is 3.03. The van der Waals surface area contributed by atoms with Crippen LogP contribution in [-0.2, 0) is 0 Å². The van der Waals surface area contributed by atoms with Crippen molar-refractivity contribution in [1.29, 1.82) is 0 Å². The molecule has 1 aliphatic rings. The molecule has 2 rings (SSSR count). The van der Waals surface area contributed by atoms with Crippen LogP contribution < -0.4 is 15.8 Å². The SMILES string of the molecule is CCCC1CC1Nc1ncnc(OCC)c1N. The number of anilines is 2. The molecule has 0 saturated heterocycles. The van der Waals surface area contributed by atoms with Gasteiger partial charge in [0.2, 0.25) is 5.88 Å². The lowest BCUT2D eigenvalue weighted by Gasteiger charge is -2.10. The molecule has 1 heterocycles. The molecule has 1 aromatic rings. The third-order valence-electron chi connectivity index (χ3n) is 3.03. The Morgan fingerprint density at radius 3 is 3.00 bits per heavy atom. The van der Waals surface area contributed by atoms with Gasteiger partial charge < -0.3 is 15.8 Å². The maximum absolute atomic E-state index is 5.95. The molecule has 0 amide bonds. The van der Waals surface area contributed by atoms with Gasteiger partial charge in [0.05, 0.1) is 6.61 Å². The minimum atomic E-state index is 0.470. The Labute approximate surface area is 102 Å². The first-order valence-electron chi connectivity index (χ1n) is 6.26. The molecule has 94 valence electrons. The van der Waals surface area contributed by atoms with E-state index in [0.29, 0.717) is 30.0 Å². The van der Waals surface area contributed by atoms with Gasteiger partial charge in [0.15, 0.2) is 5.82 Å². The van der Waals surface area contributed by atoms with Crippen molar-refractivity contribution in [2.75, 3.05) is 17.7 Å². The second kappa shape index (κ2) is 5.21. The minimum absolute atomic E-state index is 0.470. The molecule has 0 spiro atoms. The zero-order valence-electron chi connectivity index (χ0n) is 10.4. The Hall–Kier alpha value is -1.52. The smallest absolute Gasteiger partial charge is 0.242 e. The largest absolute Gasteiger partial charge is 0.476 e. The van der Waals surface area contributed by atoms with Crippen molar-refractivity contribution in [3.05, 3.63) is 6.33 Å². The van der Waals surface area contributed by atoms with Crippen molar-refractivity contribution >= 4 is 11.5 Å². The number of ether oxygens (including phenoxy) is 1. The lowest BCUT2D eigenvalue weighted by atomic mass is 10.2. The number of hydrogen-bond donors (Lipinski definition) is 2. The number of nitrogens with zero attached hydrogens (tertiary/aromatic N) is 2. The van der Waals surface area contributed by atoms with Crippen LogP contribution in [0.3, 0.4) is 0 Å². The van der Waals surface area contributed by atoms with Gasteiger partial charge in [-0.05, 0) is 25.7 Å². The van der Waals surface area contributed by atoms with Gasteiger partial charge in [-0.2, -0.15) is 4.98 Å². The van der Waals surface area contributed by atoms with E-state index in [4.69, 9.17) is 10.5 Å². The highest BCUT2D eigenvalue weighted by molar-refractivity contribution is 5.67. The average molecular weight is 236 g/mol. The van der Waals surface area contributed by atoms with Crippen LogP contribution in [-0.4, -0.2) is 22.6 Å². The van der Waals surface area contributed by atoms with Gasteiger partial charge in [0.1, 0.15) is 12.0 Å². The molecule has 1 aromatic heterocycles. The molecule has 1 saturated carbocycles. The zero-order chi connectivity index (χ0) is 12.3. The summed E-state index contributed by atoms with van der Waals surface area (Å²) in [6.07, 6.45) is 5.19. The predicted octanol–water partition coefficient (Wildman–Crippen LogP) is 2.06. The third kappa shape index (κ3) is 2.78. The van der Waals surface area contributed by atoms with Gasteiger partial charge in [0, 0.05) is 6.04 Å². The molecular formula is C12H20N4O. The number of hydrogen-bond acceptors (Lipinski definition) is 5. The molecule has 0 aromatic carbocycles. The van der Waals surface area contributed by atoms with Gasteiger partial charge in [-0.15, -0.1) is 0 Å². The number of nitrogen functional groups attached to an aromatic ring is 1. The fourth-order valence-electron chi connectivity index (χ4n) is 2.04. The zero-order valence-corrected chi connectivity index (χ0v) is 10.4. The maximum atomic E-state index is 5.95. The summed E-state index contributed by atoms with van der Waals surface area (Å²) in [7, 11) is 0. The molecule has 5 heteroatoms. The van der Waals surface area contributed by atoms with E-state index >= 15 is 0 Å². The molecule has 5 nitrogen and oxygen atoms in total. The van der Waals surface area contributed by atoms with E-state index in [9.17, 15) is 0 Å². The van der Waals surface area contributed by atoms with Crippen LogP contribution >= 0.6 is 0 Å². The molecule has 2 unspecified atom stereocenters. The number of nitrogens with two attached hydrogens (primary N) is 1. The van der Waals surface area contributed by atoms with Crippen LogP contribution in [0.1, 0.15) is 33.1 Å². The van der Waals surface area contributed by atoms with E-state index in [-0.39, 0.29) is 0 Å². The van der Waals surface area contributed by atoms with Crippen molar-refractivity contribution in [3.8, 4) is 5.88 Å². The molecule has 0 radical (unpaired) electrons. The highest BCUT2D eigenvalue weighted by atomic mass is 16.5. The molecule has 1 fully saturated rings. The Morgan fingerprint density at radius 1 is 1.47 bits per heavy atom. The van der Waals surface area contributed by atoms with Crippen LogP contribution in [0.4, 0.5) is 11.5 Å². The fourth-order valence-corrected chi connectivity index (χ4v) is 2.04. The van der Waals surface area contributed by atoms with E-state index in [0.717, 1.165) is 5.92 Å². The van der Waals surface area contributed by atoms with Crippen molar-refractivity contribution in [3.63, 3.8) is 0 Å². The second-order valence-corrected chi connectivity index (χ2v) is 4.41. The van der Waals surface area contributed by atoms with Crippen molar-refractivity contribution < 1.29 is 4.74 Å². The summed E-state index contributed by atoms with van der Waals surface area (Å²) in [5.74, 6) is 1.94. The van der Waals surface area contributed by atoms with E-state index < -0.39 is 0 Å². The Morgan fingerprint density at radius 2 is 2.29 bits per heavy atom. The minimum Gasteiger partial charge on any atom is -0.476 e. The van der Waals surface area contributed by atoms with Gasteiger partial charge in [0.25, 0.3) is 0 Å². The predicted molar refractivity (Wildman–Crippen MR) is 68.0 cm³/mol. The molecule has 0 aliphatic heterocycles. The topological polar surface area (TPSA) is 73.1 Å².